The molecule has 306 valence electrons. The van der Waals surface area contributed by atoms with Gasteiger partial charge in [0.25, 0.3) is 6.43 Å². The van der Waals surface area contributed by atoms with Crippen molar-refractivity contribution in [3.63, 3.8) is 0 Å². The summed E-state index contributed by atoms with van der Waals surface area (Å²) in [4.78, 5) is 19.0. The third-order valence-corrected chi connectivity index (χ3v) is 17.9. The van der Waals surface area contributed by atoms with Gasteiger partial charge in [0.1, 0.15) is 6.10 Å². The summed E-state index contributed by atoms with van der Waals surface area (Å²) < 4.78 is 52.0. The van der Waals surface area contributed by atoms with E-state index in [9.17, 15) is 18.7 Å². The van der Waals surface area contributed by atoms with Crippen molar-refractivity contribution in [1.82, 2.24) is 14.7 Å². The van der Waals surface area contributed by atoms with Gasteiger partial charge in [-0.2, -0.15) is 0 Å². The fourth-order valence-corrected chi connectivity index (χ4v) is 15.1. The van der Waals surface area contributed by atoms with Crippen molar-refractivity contribution in [1.29, 1.82) is 0 Å². The number of fused-ring (bicyclic) bond motifs is 4. The fraction of sp³-hybridized carbons (Fsp3) is 0.976. The molecule has 9 aliphatic rings. The summed E-state index contributed by atoms with van der Waals surface area (Å²) in [5.41, 5.74) is 7.18. The van der Waals surface area contributed by atoms with Crippen LogP contribution < -0.4 is 5.73 Å². The Morgan fingerprint density at radius 2 is 1.72 bits per heavy atom. The molecule has 4 aliphatic heterocycles. The lowest BCUT2D eigenvalue weighted by atomic mass is 9.43. The van der Waals surface area contributed by atoms with E-state index in [2.05, 4.69) is 46.4 Å². The molecule has 3 N–H and O–H groups in total. The third-order valence-electron chi connectivity index (χ3n) is 17.9. The molecule has 5 aliphatic carbocycles. The second-order valence-corrected chi connectivity index (χ2v) is 20.8. The van der Waals surface area contributed by atoms with E-state index in [0.717, 1.165) is 71.0 Å². The van der Waals surface area contributed by atoms with E-state index >= 15 is 0 Å². The Morgan fingerprint density at radius 3 is 2.41 bits per heavy atom. The van der Waals surface area contributed by atoms with Gasteiger partial charge in [0.05, 0.1) is 43.1 Å². The molecule has 4 saturated heterocycles. The molecule has 1 amide bonds. The molecular formula is C42H68F2N4O6. The highest BCUT2D eigenvalue weighted by Crippen LogP contribution is 2.87. The van der Waals surface area contributed by atoms with E-state index in [1.165, 1.54) is 6.42 Å². The normalized spacial score (nSPS) is 49.2. The van der Waals surface area contributed by atoms with Gasteiger partial charge >= 0.3 is 6.09 Å². The largest absolute Gasteiger partial charge is 0.443 e. The van der Waals surface area contributed by atoms with Crippen molar-refractivity contribution < 1.29 is 37.6 Å². The summed E-state index contributed by atoms with van der Waals surface area (Å²) in [5, 5.41) is 12.6. The van der Waals surface area contributed by atoms with Crippen LogP contribution in [0.2, 0.25) is 0 Å². The number of halogens is 2. The third kappa shape index (κ3) is 5.41. The smallest absolute Gasteiger partial charge is 0.410 e. The van der Waals surface area contributed by atoms with Crippen LogP contribution in [0.4, 0.5) is 13.6 Å². The molecular weight excluding hydrogens is 694 g/mol. The Hall–Kier alpha value is -1.15. The quantitative estimate of drug-likeness (QED) is 0.339. The minimum atomic E-state index is -2.28. The van der Waals surface area contributed by atoms with Crippen LogP contribution in [-0.2, 0) is 18.9 Å². The van der Waals surface area contributed by atoms with E-state index in [1.807, 2.05) is 4.90 Å². The Bertz CT molecular complexity index is 1450. The number of carbonyl (C=O) groups excluding carboxylic acids is 1. The molecule has 5 saturated carbocycles. The second-order valence-electron chi connectivity index (χ2n) is 20.8. The fourth-order valence-electron chi connectivity index (χ4n) is 15.1. The average Bonchev–Trinajstić information content (AvgIpc) is 3.70. The molecule has 2 spiro atoms. The summed E-state index contributed by atoms with van der Waals surface area (Å²) in [6, 6.07) is 0.293. The van der Waals surface area contributed by atoms with E-state index in [4.69, 9.17) is 24.7 Å². The number of amides is 1. The lowest BCUT2D eigenvalue weighted by Gasteiger charge is -2.63. The summed E-state index contributed by atoms with van der Waals surface area (Å²) >= 11 is 0. The summed E-state index contributed by atoms with van der Waals surface area (Å²) in [7, 11) is 0. The number of ether oxygens (including phenoxy) is 4. The first-order chi connectivity index (χ1) is 25.6. The van der Waals surface area contributed by atoms with E-state index in [1.54, 1.807) is 4.90 Å². The maximum atomic E-state index is 13.0. The van der Waals surface area contributed by atoms with Gasteiger partial charge < -0.3 is 34.7 Å². The average molecular weight is 763 g/mol. The SMILES string of the molecule is CC(C)[C@@H](OC(=O)N1CCC1)C1C[C@@H](C)[C@H]2C(O1)[C@H](O)[C@@]1(N)C3CC[C@H]4C(C)(C)[C@@H](OC5CN(C6CN(CC(F)F)C6)CCO5)CCC45C[C@@]35CCC21C. The molecule has 0 bridgehead atoms. The lowest BCUT2D eigenvalue weighted by molar-refractivity contribution is -0.251. The first kappa shape index (κ1) is 38.4. The lowest BCUT2D eigenvalue weighted by Crippen LogP contribution is -2.70. The summed E-state index contributed by atoms with van der Waals surface area (Å²) in [5.74, 6) is 1.27. The number of nitrogens with zero attached hydrogens (tertiary/aromatic N) is 3. The van der Waals surface area contributed by atoms with Crippen molar-refractivity contribution in [2.75, 3.05) is 52.4 Å². The Morgan fingerprint density at radius 1 is 1.00 bits per heavy atom. The van der Waals surface area contributed by atoms with Crippen LogP contribution in [-0.4, -0.2) is 133 Å². The number of likely N-dealkylation sites (tertiary alicyclic amines) is 2. The predicted molar refractivity (Wildman–Crippen MR) is 199 cm³/mol. The van der Waals surface area contributed by atoms with Crippen molar-refractivity contribution in [3.8, 4) is 0 Å². The molecule has 6 unspecified atom stereocenters. The number of nitrogens with two attached hydrogens (primary N) is 1. The van der Waals surface area contributed by atoms with Gasteiger partial charge in [0.15, 0.2) is 6.29 Å². The first-order valence-electron chi connectivity index (χ1n) is 21.7. The number of hydrogen-bond donors (Lipinski definition) is 2. The monoisotopic (exact) mass is 763 g/mol. The molecule has 0 radical (unpaired) electrons. The number of rotatable bonds is 8. The second kappa shape index (κ2) is 13.2. The molecule has 9 rings (SSSR count). The maximum Gasteiger partial charge on any atom is 0.410 e. The van der Waals surface area contributed by atoms with Gasteiger partial charge in [0, 0.05) is 45.3 Å². The molecule has 54 heavy (non-hydrogen) atoms. The molecule has 0 aromatic carbocycles. The highest BCUT2D eigenvalue weighted by atomic mass is 19.3. The number of aliphatic hydroxyl groups excluding tert-OH is 1. The summed E-state index contributed by atoms with van der Waals surface area (Å²) in [6.45, 7) is 18.6. The van der Waals surface area contributed by atoms with Crippen LogP contribution in [0.5, 0.6) is 0 Å². The molecule has 14 atom stereocenters. The van der Waals surface area contributed by atoms with Crippen molar-refractivity contribution >= 4 is 6.09 Å². The van der Waals surface area contributed by atoms with Crippen LogP contribution in [0, 0.1) is 51.2 Å². The minimum Gasteiger partial charge on any atom is -0.443 e. The number of aliphatic hydroxyl groups is 1. The van der Waals surface area contributed by atoms with Gasteiger partial charge in [-0.15, -0.1) is 0 Å². The Kier molecular flexibility index (Phi) is 9.37. The van der Waals surface area contributed by atoms with E-state index in [-0.39, 0.29) is 88.7 Å². The standard InChI is InChI=1S/C42H68F2N4O6/c1-24(2)34(54-37(50)47-14-7-15-47)27-18-25(3)33-35(52-27)36(49)42(45)29-9-8-28-38(4,5)30(10-11-40(28)23-41(29,40)13-12-39(33,42)6)53-32-22-48(16-17-51-32)26-19-46(20-26)21-31(43)44/h24-36,49H,7-23,45H2,1-6H3/t25-,27?,28+,29?,30+,32?,33+,34-,35?,36+,39?,40?,41+,42+/m1/s1. The topological polar surface area (TPSA) is 110 Å². The van der Waals surface area contributed by atoms with Crippen LogP contribution in [0.1, 0.15) is 99.3 Å². The van der Waals surface area contributed by atoms with Crippen molar-refractivity contribution in [2.45, 2.75) is 154 Å². The van der Waals surface area contributed by atoms with Gasteiger partial charge in [-0.05, 0) is 109 Å². The zero-order valence-corrected chi connectivity index (χ0v) is 33.7. The number of carbonyl (C=O) groups is 1. The van der Waals surface area contributed by atoms with Crippen LogP contribution in [0.15, 0.2) is 0 Å². The zero-order chi connectivity index (χ0) is 38.2. The number of alkyl halides is 2. The minimum absolute atomic E-state index is 0.0438. The van der Waals surface area contributed by atoms with E-state index in [0.29, 0.717) is 38.2 Å². The highest BCUT2D eigenvalue weighted by Gasteiger charge is 2.85. The van der Waals surface area contributed by atoms with Gasteiger partial charge in [-0.3, -0.25) is 9.80 Å². The number of hydrogen-bond acceptors (Lipinski definition) is 9. The molecule has 10 nitrogen and oxygen atoms in total. The van der Waals surface area contributed by atoms with Crippen LogP contribution in [0.3, 0.4) is 0 Å². The molecule has 4 heterocycles. The first-order valence-corrected chi connectivity index (χ1v) is 21.7. The van der Waals surface area contributed by atoms with Crippen LogP contribution in [0.25, 0.3) is 0 Å². The maximum absolute atomic E-state index is 13.0. The molecule has 0 aromatic rings. The highest BCUT2D eigenvalue weighted by molar-refractivity contribution is 5.68. The predicted octanol–water partition coefficient (Wildman–Crippen LogP) is 5.35. The molecule has 12 heteroatoms. The van der Waals surface area contributed by atoms with Gasteiger partial charge in [0.2, 0.25) is 0 Å². The van der Waals surface area contributed by atoms with Gasteiger partial charge in [-0.25, -0.2) is 13.6 Å². The Balaban J connectivity index is 0.895. The van der Waals surface area contributed by atoms with Crippen molar-refractivity contribution in [2.24, 2.45) is 57.0 Å². The molecule has 9 fully saturated rings. The summed E-state index contributed by atoms with van der Waals surface area (Å²) in [6.07, 6.45) is 4.84. The van der Waals surface area contributed by atoms with Crippen LogP contribution >= 0.6 is 0 Å². The zero-order valence-electron chi connectivity index (χ0n) is 33.7. The van der Waals surface area contributed by atoms with E-state index < -0.39 is 18.1 Å². The van der Waals surface area contributed by atoms with Gasteiger partial charge in [-0.1, -0.05) is 41.5 Å². The molecule has 0 aromatic heterocycles. The number of morpholine rings is 1. The Labute approximate surface area is 321 Å². The van der Waals surface area contributed by atoms with Crippen molar-refractivity contribution in [3.05, 3.63) is 0 Å².